The lowest BCUT2D eigenvalue weighted by atomic mass is 10.1. The normalized spacial score (nSPS) is 12.0. The van der Waals surface area contributed by atoms with Crippen molar-refractivity contribution in [3.63, 3.8) is 0 Å². The third-order valence-electron chi connectivity index (χ3n) is 5.74. The van der Waals surface area contributed by atoms with Gasteiger partial charge in [-0.3, -0.25) is 14.2 Å². The summed E-state index contributed by atoms with van der Waals surface area (Å²) in [6, 6.07) is 21.5. The second-order valence-corrected chi connectivity index (χ2v) is 8.58. The summed E-state index contributed by atoms with van der Waals surface area (Å²) in [6.07, 6.45) is 0.775. The molecule has 0 saturated carbocycles. The number of fused-ring (bicyclic) bond motifs is 1. The van der Waals surface area contributed by atoms with Gasteiger partial charge in [-0.1, -0.05) is 54.4 Å². The van der Waals surface area contributed by atoms with E-state index in [2.05, 4.69) is 0 Å². The number of carbonyl (C=O) groups is 1. The van der Waals surface area contributed by atoms with Gasteiger partial charge >= 0.3 is 0 Å². The van der Waals surface area contributed by atoms with E-state index in [-0.39, 0.29) is 11.5 Å². The molecule has 0 fully saturated rings. The predicted octanol–water partition coefficient (Wildman–Crippen LogP) is 5.96. The van der Waals surface area contributed by atoms with E-state index in [9.17, 15) is 9.59 Å². The maximum atomic E-state index is 13.6. The molecule has 1 heterocycles. The Balaban J connectivity index is 1.93. The van der Waals surface area contributed by atoms with Gasteiger partial charge in [0.25, 0.3) is 11.5 Å². The molecule has 4 rings (SSSR count). The highest BCUT2D eigenvalue weighted by Gasteiger charge is 2.27. The second-order valence-electron chi connectivity index (χ2n) is 8.15. The fourth-order valence-electron chi connectivity index (χ4n) is 4.00. The van der Waals surface area contributed by atoms with Crippen LogP contribution >= 0.6 is 11.6 Å². The lowest BCUT2D eigenvalue weighted by Gasteiger charge is -2.30. The Bertz CT molecular complexity index is 1350. The number of hydrogen-bond donors (Lipinski definition) is 0. The highest BCUT2D eigenvalue weighted by molar-refractivity contribution is 6.31. The van der Waals surface area contributed by atoms with Crippen molar-refractivity contribution in [1.29, 1.82) is 0 Å². The topological polar surface area (TPSA) is 55.2 Å². The first-order chi connectivity index (χ1) is 15.9. The largest absolute Gasteiger partial charge is 0.329 e. The molecular formula is C27H26ClN3O2. The summed E-state index contributed by atoms with van der Waals surface area (Å²) in [5, 5.41) is 0.985. The number of amides is 1. The maximum Gasteiger partial charge on any atom is 0.266 e. The van der Waals surface area contributed by atoms with Crippen LogP contribution in [0.1, 0.15) is 48.1 Å². The van der Waals surface area contributed by atoms with E-state index < -0.39 is 6.04 Å². The molecule has 168 valence electrons. The van der Waals surface area contributed by atoms with Gasteiger partial charge in [-0.15, -0.1) is 0 Å². The third kappa shape index (κ3) is 4.55. The minimum absolute atomic E-state index is 0.0964. The van der Waals surface area contributed by atoms with Crippen LogP contribution in [0.3, 0.4) is 0 Å². The summed E-state index contributed by atoms with van der Waals surface area (Å²) < 4.78 is 1.61. The van der Waals surface area contributed by atoms with Crippen molar-refractivity contribution in [3.05, 3.63) is 105 Å². The Morgan fingerprint density at radius 2 is 1.76 bits per heavy atom. The smallest absolute Gasteiger partial charge is 0.266 e. The summed E-state index contributed by atoms with van der Waals surface area (Å²) in [6.45, 7) is 6.47. The number of halogens is 1. The summed E-state index contributed by atoms with van der Waals surface area (Å²) in [5.41, 5.74) is 2.73. The number of carbonyl (C=O) groups excluding carboxylic acids is 1. The lowest BCUT2D eigenvalue weighted by Crippen LogP contribution is -2.38. The van der Waals surface area contributed by atoms with Gasteiger partial charge in [-0.25, -0.2) is 4.98 Å². The molecule has 0 aliphatic rings. The average molecular weight is 460 g/mol. The molecule has 6 heteroatoms. The number of benzene rings is 3. The molecule has 1 amide bonds. The first kappa shape index (κ1) is 22.7. The summed E-state index contributed by atoms with van der Waals surface area (Å²) in [5.74, 6) is 0.400. The van der Waals surface area contributed by atoms with E-state index in [1.54, 1.807) is 39.8 Å². The van der Waals surface area contributed by atoms with Gasteiger partial charge in [0.15, 0.2) is 0 Å². The summed E-state index contributed by atoms with van der Waals surface area (Å²) >= 11 is 6.21. The Morgan fingerprint density at radius 1 is 1.06 bits per heavy atom. The van der Waals surface area contributed by atoms with E-state index >= 15 is 0 Å². The summed E-state index contributed by atoms with van der Waals surface area (Å²) in [4.78, 5) is 33.7. The van der Waals surface area contributed by atoms with Crippen LogP contribution in [-0.4, -0.2) is 26.9 Å². The van der Waals surface area contributed by atoms with Gasteiger partial charge in [-0.2, -0.15) is 0 Å². The standard InChI is InChI=1S/C27H26ClN3O2/c1-4-16-30(26(32)20-8-6-5-7-9-20)19(3)25-29-24-17-21(28)12-15-23(24)27(33)31(25)22-13-10-18(2)11-14-22/h5-15,17,19H,4,16H2,1-3H3. The van der Waals surface area contributed by atoms with Crippen LogP contribution in [-0.2, 0) is 0 Å². The molecule has 0 aliphatic carbocycles. The number of rotatable bonds is 6. The van der Waals surface area contributed by atoms with Crippen molar-refractivity contribution >= 4 is 28.4 Å². The van der Waals surface area contributed by atoms with Crippen LogP contribution in [0, 0.1) is 6.92 Å². The molecule has 0 bridgehead atoms. The molecule has 3 aromatic carbocycles. The molecule has 33 heavy (non-hydrogen) atoms. The van der Waals surface area contributed by atoms with Crippen molar-refractivity contribution in [2.45, 2.75) is 33.2 Å². The van der Waals surface area contributed by atoms with Gasteiger partial charge in [-0.05, 0) is 62.7 Å². The number of aromatic nitrogens is 2. The first-order valence-corrected chi connectivity index (χ1v) is 11.4. The lowest BCUT2D eigenvalue weighted by molar-refractivity contribution is 0.0681. The van der Waals surface area contributed by atoms with E-state index in [4.69, 9.17) is 16.6 Å². The molecule has 0 aliphatic heterocycles. The Morgan fingerprint density at radius 3 is 2.42 bits per heavy atom. The molecule has 1 atom stereocenters. The second kappa shape index (κ2) is 9.59. The van der Waals surface area contributed by atoms with Gasteiger partial charge < -0.3 is 4.90 Å². The summed E-state index contributed by atoms with van der Waals surface area (Å²) in [7, 11) is 0. The van der Waals surface area contributed by atoms with Gasteiger partial charge in [0.1, 0.15) is 5.82 Å². The fourth-order valence-corrected chi connectivity index (χ4v) is 4.16. The molecule has 5 nitrogen and oxygen atoms in total. The van der Waals surface area contributed by atoms with E-state index in [0.29, 0.717) is 39.5 Å². The minimum Gasteiger partial charge on any atom is -0.329 e. The van der Waals surface area contributed by atoms with Crippen molar-refractivity contribution in [2.24, 2.45) is 0 Å². The van der Waals surface area contributed by atoms with Gasteiger partial charge in [0.05, 0.1) is 22.6 Å². The van der Waals surface area contributed by atoms with Gasteiger partial charge in [0, 0.05) is 17.1 Å². The van der Waals surface area contributed by atoms with Crippen molar-refractivity contribution in [3.8, 4) is 5.69 Å². The maximum absolute atomic E-state index is 13.6. The minimum atomic E-state index is -0.449. The molecular weight excluding hydrogens is 434 g/mol. The van der Waals surface area contributed by atoms with Crippen molar-refractivity contribution in [1.82, 2.24) is 14.5 Å². The number of nitrogens with zero attached hydrogens (tertiary/aromatic N) is 3. The Hall–Kier alpha value is -3.44. The van der Waals surface area contributed by atoms with Crippen LogP contribution in [0.2, 0.25) is 5.02 Å². The Labute approximate surface area is 198 Å². The molecule has 4 aromatic rings. The predicted molar refractivity (Wildman–Crippen MR) is 133 cm³/mol. The highest BCUT2D eigenvalue weighted by Crippen LogP contribution is 2.26. The molecule has 0 saturated heterocycles. The molecule has 1 aromatic heterocycles. The van der Waals surface area contributed by atoms with Gasteiger partial charge in [0.2, 0.25) is 0 Å². The third-order valence-corrected chi connectivity index (χ3v) is 5.97. The highest BCUT2D eigenvalue weighted by atomic mass is 35.5. The molecule has 1 unspecified atom stereocenters. The van der Waals surface area contributed by atoms with E-state index in [0.717, 1.165) is 12.0 Å². The van der Waals surface area contributed by atoms with Crippen LogP contribution in [0.15, 0.2) is 77.6 Å². The number of aryl methyl sites for hydroxylation is 1. The average Bonchev–Trinajstić information content (AvgIpc) is 2.82. The van der Waals surface area contributed by atoms with Crippen LogP contribution in [0.4, 0.5) is 0 Å². The zero-order valence-corrected chi connectivity index (χ0v) is 19.7. The van der Waals surface area contributed by atoms with E-state index in [1.807, 2.05) is 63.2 Å². The van der Waals surface area contributed by atoms with Crippen LogP contribution < -0.4 is 5.56 Å². The fraction of sp³-hybridized carbons (Fsp3) is 0.222. The molecule has 0 radical (unpaired) electrons. The zero-order chi connectivity index (χ0) is 23.5. The van der Waals surface area contributed by atoms with Crippen LogP contribution in [0.25, 0.3) is 16.6 Å². The van der Waals surface area contributed by atoms with Crippen molar-refractivity contribution < 1.29 is 4.79 Å². The first-order valence-electron chi connectivity index (χ1n) is 11.1. The number of hydrogen-bond acceptors (Lipinski definition) is 3. The van der Waals surface area contributed by atoms with Crippen molar-refractivity contribution in [2.75, 3.05) is 6.54 Å². The molecule has 0 N–H and O–H groups in total. The SMILES string of the molecule is CCCN(C(=O)c1ccccc1)C(C)c1nc2cc(Cl)ccc2c(=O)n1-c1ccc(C)cc1. The quantitative estimate of drug-likeness (QED) is 0.357. The monoisotopic (exact) mass is 459 g/mol. The molecule has 0 spiro atoms. The Kier molecular flexibility index (Phi) is 6.61. The zero-order valence-electron chi connectivity index (χ0n) is 19.0. The van der Waals surface area contributed by atoms with E-state index in [1.165, 1.54) is 0 Å². The van der Waals surface area contributed by atoms with Crippen LogP contribution in [0.5, 0.6) is 0 Å².